The molecular weight excluding hydrogens is 330 g/mol. The summed E-state index contributed by atoms with van der Waals surface area (Å²) in [4.78, 5) is 17.0. The maximum atomic E-state index is 12.4. The number of ether oxygens (including phenoxy) is 1. The number of phenolic OH excluding ortho intramolecular Hbond substituents is 1. The number of fused-ring (bicyclic) bond motifs is 1. The monoisotopic (exact) mass is 349 g/mol. The molecular formula is C20H19N3O3. The van der Waals surface area contributed by atoms with Gasteiger partial charge in [-0.25, -0.2) is 5.43 Å². The van der Waals surface area contributed by atoms with Crippen molar-refractivity contribution >= 4 is 23.0 Å². The first kappa shape index (κ1) is 17.4. The standard InChI is InChI=1S/C20H19N3O3/c1-12-5-4-6-15-10-16(13(2)22-19(12)15)20(25)23-21-11-14-7-8-18(26-3)17(24)9-14/h4-11,24H,1-3H3,(H,23,25)/b21-11+. The van der Waals surface area contributed by atoms with Gasteiger partial charge in [0.15, 0.2) is 11.5 Å². The van der Waals surface area contributed by atoms with Gasteiger partial charge in [-0.3, -0.25) is 9.78 Å². The molecule has 0 saturated carbocycles. The number of benzene rings is 2. The van der Waals surface area contributed by atoms with Crippen LogP contribution in [-0.2, 0) is 0 Å². The molecule has 0 aliphatic heterocycles. The lowest BCUT2D eigenvalue weighted by Crippen LogP contribution is -2.19. The number of amides is 1. The van der Waals surface area contributed by atoms with Gasteiger partial charge in [0.25, 0.3) is 5.91 Å². The topological polar surface area (TPSA) is 83.8 Å². The minimum Gasteiger partial charge on any atom is -0.504 e. The van der Waals surface area contributed by atoms with E-state index in [9.17, 15) is 9.90 Å². The van der Waals surface area contributed by atoms with Crippen molar-refractivity contribution in [1.82, 2.24) is 10.4 Å². The summed E-state index contributed by atoms with van der Waals surface area (Å²) in [6.45, 7) is 3.79. The molecule has 0 atom stereocenters. The number of rotatable bonds is 4. The number of methoxy groups -OCH3 is 1. The fraction of sp³-hybridized carbons (Fsp3) is 0.150. The quantitative estimate of drug-likeness (QED) is 0.559. The van der Waals surface area contributed by atoms with E-state index in [4.69, 9.17) is 4.74 Å². The number of nitrogens with zero attached hydrogens (tertiary/aromatic N) is 2. The number of carbonyl (C=O) groups excluding carboxylic acids is 1. The average Bonchev–Trinajstić information content (AvgIpc) is 2.62. The van der Waals surface area contributed by atoms with E-state index in [2.05, 4.69) is 15.5 Å². The van der Waals surface area contributed by atoms with Gasteiger partial charge in [-0.2, -0.15) is 5.10 Å². The second-order valence-electron chi connectivity index (χ2n) is 5.90. The largest absolute Gasteiger partial charge is 0.504 e. The number of hydrogen-bond donors (Lipinski definition) is 2. The van der Waals surface area contributed by atoms with Crippen LogP contribution >= 0.6 is 0 Å². The lowest BCUT2D eigenvalue weighted by Gasteiger charge is -2.08. The molecule has 132 valence electrons. The predicted octanol–water partition coefficient (Wildman–Crippen LogP) is 3.33. The van der Waals surface area contributed by atoms with E-state index in [0.717, 1.165) is 16.5 Å². The molecule has 0 radical (unpaired) electrons. The minimum absolute atomic E-state index is 0.00715. The van der Waals surface area contributed by atoms with Crippen LogP contribution < -0.4 is 10.2 Å². The zero-order valence-corrected chi connectivity index (χ0v) is 14.8. The van der Waals surface area contributed by atoms with Gasteiger partial charge in [0.05, 0.1) is 30.1 Å². The Morgan fingerprint density at radius 2 is 2.04 bits per heavy atom. The molecule has 0 fully saturated rings. The smallest absolute Gasteiger partial charge is 0.273 e. The molecule has 0 bridgehead atoms. The second-order valence-corrected chi connectivity index (χ2v) is 5.90. The molecule has 3 aromatic rings. The lowest BCUT2D eigenvalue weighted by molar-refractivity contribution is 0.0954. The molecule has 2 N–H and O–H groups in total. The highest BCUT2D eigenvalue weighted by atomic mass is 16.5. The first-order chi connectivity index (χ1) is 12.5. The molecule has 1 amide bonds. The van der Waals surface area contributed by atoms with Crippen molar-refractivity contribution in [3.05, 3.63) is 64.8 Å². The van der Waals surface area contributed by atoms with Crippen LogP contribution in [0.2, 0.25) is 0 Å². The van der Waals surface area contributed by atoms with Crippen LogP contribution in [0.25, 0.3) is 10.9 Å². The molecule has 0 unspecified atom stereocenters. The molecule has 0 spiro atoms. The Bertz CT molecular complexity index is 1010. The molecule has 1 heterocycles. The van der Waals surface area contributed by atoms with Crippen molar-refractivity contribution < 1.29 is 14.6 Å². The first-order valence-corrected chi connectivity index (χ1v) is 8.07. The van der Waals surface area contributed by atoms with Crippen molar-refractivity contribution in [2.24, 2.45) is 5.10 Å². The van der Waals surface area contributed by atoms with Crippen molar-refractivity contribution in [1.29, 1.82) is 0 Å². The summed E-state index contributed by atoms with van der Waals surface area (Å²) >= 11 is 0. The maximum absolute atomic E-state index is 12.4. The second kappa shape index (κ2) is 7.23. The molecule has 6 heteroatoms. The minimum atomic E-state index is -0.340. The van der Waals surface area contributed by atoms with Gasteiger partial charge < -0.3 is 9.84 Å². The zero-order valence-electron chi connectivity index (χ0n) is 14.8. The normalized spacial score (nSPS) is 11.0. The van der Waals surface area contributed by atoms with Gasteiger partial charge in [0.2, 0.25) is 0 Å². The molecule has 0 aliphatic rings. The lowest BCUT2D eigenvalue weighted by atomic mass is 10.1. The molecule has 0 saturated heterocycles. The summed E-state index contributed by atoms with van der Waals surface area (Å²) < 4.78 is 4.99. The van der Waals surface area contributed by atoms with Crippen molar-refractivity contribution in [3.63, 3.8) is 0 Å². The van der Waals surface area contributed by atoms with Crippen LogP contribution in [0, 0.1) is 13.8 Å². The fourth-order valence-electron chi connectivity index (χ4n) is 2.68. The third-order valence-electron chi connectivity index (χ3n) is 4.07. The highest BCUT2D eigenvalue weighted by Crippen LogP contribution is 2.25. The fourth-order valence-corrected chi connectivity index (χ4v) is 2.68. The molecule has 1 aromatic heterocycles. The number of phenols is 1. The Kier molecular flexibility index (Phi) is 4.84. The van der Waals surface area contributed by atoms with Gasteiger partial charge in [-0.15, -0.1) is 0 Å². The number of aryl methyl sites for hydroxylation is 2. The molecule has 0 aliphatic carbocycles. The summed E-state index contributed by atoms with van der Waals surface area (Å²) in [5, 5.41) is 14.6. The van der Waals surface area contributed by atoms with E-state index in [1.54, 1.807) is 19.1 Å². The van der Waals surface area contributed by atoms with Gasteiger partial charge in [-0.1, -0.05) is 18.2 Å². The number of hydrazone groups is 1. The molecule has 26 heavy (non-hydrogen) atoms. The van der Waals surface area contributed by atoms with E-state index in [1.807, 2.05) is 31.2 Å². The summed E-state index contributed by atoms with van der Waals surface area (Å²) in [6, 6.07) is 12.5. The Hall–Kier alpha value is -3.41. The van der Waals surface area contributed by atoms with Crippen molar-refractivity contribution in [2.75, 3.05) is 7.11 Å². The van der Waals surface area contributed by atoms with Gasteiger partial charge in [0.1, 0.15) is 0 Å². The number of carbonyl (C=O) groups is 1. The van der Waals surface area contributed by atoms with E-state index < -0.39 is 0 Å². The van der Waals surface area contributed by atoms with Crippen LogP contribution in [0.4, 0.5) is 0 Å². The molecule has 3 rings (SSSR count). The molecule has 6 nitrogen and oxygen atoms in total. The summed E-state index contributed by atoms with van der Waals surface area (Å²) in [5.74, 6) is 0.0412. The van der Waals surface area contributed by atoms with Crippen molar-refractivity contribution in [3.8, 4) is 11.5 Å². The van der Waals surface area contributed by atoms with E-state index in [1.165, 1.54) is 19.4 Å². The van der Waals surface area contributed by atoms with Crippen molar-refractivity contribution in [2.45, 2.75) is 13.8 Å². The van der Waals surface area contributed by atoms with Crippen LogP contribution in [0.15, 0.2) is 47.6 Å². The Morgan fingerprint density at radius 1 is 1.23 bits per heavy atom. The average molecular weight is 349 g/mol. The zero-order chi connectivity index (χ0) is 18.7. The van der Waals surface area contributed by atoms with Crippen LogP contribution in [-0.4, -0.2) is 29.3 Å². The highest BCUT2D eigenvalue weighted by molar-refractivity contribution is 5.99. The number of hydrogen-bond acceptors (Lipinski definition) is 5. The Balaban J connectivity index is 1.79. The third-order valence-corrected chi connectivity index (χ3v) is 4.07. The first-order valence-electron chi connectivity index (χ1n) is 8.07. The predicted molar refractivity (Wildman–Crippen MR) is 101 cm³/mol. The van der Waals surface area contributed by atoms with Gasteiger partial charge in [-0.05, 0) is 49.2 Å². The number of aromatic hydroxyl groups is 1. The highest BCUT2D eigenvalue weighted by Gasteiger charge is 2.12. The number of aromatic nitrogens is 1. The third kappa shape index (κ3) is 3.49. The SMILES string of the molecule is COc1ccc(/C=N/NC(=O)c2cc3cccc(C)c3nc2C)cc1O. The van der Waals surface area contributed by atoms with E-state index in [0.29, 0.717) is 22.6 Å². The Morgan fingerprint density at radius 3 is 2.77 bits per heavy atom. The summed E-state index contributed by atoms with van der Waals surface area (Å²) in [5.41, 5.74) is 6.19. The van der Waals surface area contributed by atoms with E-state index in [-0.39, 0.29) is 11.7 Å². The van der Waals surface area contributed by atoms with Gasteiger partial charge in [0, 0.05) is 5.39 Å². The number of para-hydroxylation sites is 1. The van der Waals surface area contributed by atoms with Crippen LogP contribution in [0.1, 0.15) is 27.2 Å². The summed E-state index contributed by atoms with van der Waals surface area (Å²) in [7, 11) is 1.48. The number of pyridine rings is 1. The van der Waals surface area contributed by atoms with Gasteiger partial charge >= 0.3 is 0 Å². The van der Waals surface area contributed by atoms with Crippen LogP contribution in [0.5, 0.6) is 11.5 Å². The number of nitrogens with one attached hydrogen (secondary N) is 1. The van der Waals surface area contributed by atoms with Crippen LogP contribution in [0.3, 0.4) is 0 Å². The molecule has 2 aromatic carbocycles. The summed E-state index contributed by atoms with van der Waals surface area (Å²) in [6.07, 6.45) is 1.45. The van der Waals surface area contributed by atoms with E-state index >= 15 is 0 Å². The maximum Gasteiger partial charge on any atom is 0.273 e. The Labute approximate surface area is 151 Å².